The summed E-state index contributed by atoms with van der Waals surface area (Å²) in [7, 11) is 0. The highest BCUT2D eigenvalue weighted by Gasteiger charge is 2.11. The van der Waals surface area contributed by atoms with Gasteiger partial charge in [-0.3, -0.25) is 4.79 Å². The van der Waals surface area contributed by atoms with Crippen LogP contribution in [0, 0.1) is 20.8 Å². The Morgan fingerprint density at radius 2 is 1.52 bits per heavy atom. The van der Waals surface area contributed by atoms with Crippen molar-refractivity contribution in [3.63, 3.8) is 0 Å². The molecule has 0 aliphatic rings. The molecule has 0 N–H and O–H groups in total. The summed E-state index contributed by atoms with van der Waals surface area (Å²) in [6.07, 6.45) is 0. The SMILES string of the molecule is CC(=O)c1ccc(OC(=O)COc2c(C)ccc(C)c2C)cc1. The van der Waals surface area contributed by atoms with E-state index < -0.39 is 5.97 Å². The number of carbonyl (C=O) groups is 2. The van der Waals surface area contributed by atoms with Crippen LogP contribution in [0.15, 0.2) is 36.4 Å². The molecule has 0 spiro atoms. The van der Waals surface area contributed by atoms with E-state index in [0.29, 0.717) is 17.1 Å². The third kappa shape index (κ3) is 4.19. The van der Waals surface area contributed by atoms with Crippen molar-refractivity contribution in [3.05, 3.63) is 58.7 Å². The second-order valence-electron chi connectivity index (χ2n) is 5.50. The molecule has 0 aliphatic carbocycles. The summed E-state index contributed by atoms with van der Waals surface area (Å²) < 4.78 is 10.8. The first-order valence-electron chi connectivity index (χ1n) is 7.39. The summed E-state index contributed by atoms with van der Waals surface area (Å²) >= 11 is 0. The minimum Gasteiger partial charge on any atom is -0.481 e. The molecule has 0 aliphatic heterocycles. The van der Waals surface area contributed by atoms with Gasteiger partial charge in [-0.05, 0) is 68.7 Å². The fraction of sp³-hybridized carbons (Fsp3) is 0.263. The molecule has 120 valence electrons. The predicted molar refractivity (Wildman–Crippen MR) is 88.2 cm³/mol. The number of ether oxygens (including phenoxy) is 2. The number of Topliss-reactive ketones (excluding diaryl/α,β-unsaturated/α-hetero) is 1. The van der Waals surface area contributed by atoms with Crippen LogP contribution in [0.2, 0.25) is 0 Å². The molecule has 0 heterocycles. The maximum Gasteiger partial charge on any atom is 0.349 e. The average molecular weight is 312 g/mol. The van der Waals surface area contributed by atoms with Crippen molar-refractivity contribution in [3.8, 4) is 11.5 Å². The molecular weight excluding hydrogens is 292 g/mol. The van der Waals surface area contributed by atoms with Crippen LogP contribution in [0.3, 0.4) is 0 Å². The van der Waals surface area contributed by atoms with Crippen molar-refractivity contribution in [2.24, 2.45) is 0 Å². The van der Waals surface area contributed by atoms with Crippen LogP contribution in [0.4, 0.5) is 0 Å². The number of hydrogen-bond donors (Lipinski definition) is 0. The topological polar surface area (TPSA) is 52.6 Å². The molecule has 0 radical (unpaired) electrons. The van der Waals surface area contributed by atoms with E-state index in [1.807, 2.05) is 32.9 Å². The molecule has 4 heteroatoms. The van der Waals surface area contributed by atoms with Gasteiger partial charge < -0.3 is 9.47 Å². The minimum atomic E-state index is -0.485. The van der Waals surface area contributed by atoms with Gasteiger partial charge in [0.15, 0.2) is 12.4 Å². The molecule has 0 unspecified atom stereocenters. The monoisotopic (exact) mass is 312 g/mol. The Balaban J connectivity index is 1.98. The molecule has 4 nitrogen and oxygen atoms in total. The van der Waals surface area contributed by atoms with E-state index >= 15 is 0 Å². The summed E-state index contributed by atoms with van der Waals surface area (Å²) in [5.74, 6) is 0.590. The molecule has 0 aromatic heterocycles. The number of benzene rings is 2. The number of rotatable bonds is 5. The van der Waals surface area contributed by atoms with Crippen molar-refractivity contribution in [2.45, 2.75) is 27.7 Å². The quantitative estimate of drug-likeness (QED) is 0.479. The first kappa shape index (κ1) is 16.7. The van der Waals surface area contributed by atoms with E-state index in [9.17, 15) is 9.59 Å². The smallest absolute Gasteiger partial charge is 0.349 e. The van der Waals surface area contributed by atoms with Gasteiger partial charge in [0, 0.05) is 5.56 Å². The third-order valence-electron chi connectivity index (χ3n) is 3.70. The third-order valence-corrected chi connectivity index (χ3v) is 3.70. The molecule has 2 aromatic carbocycles. The Hall–Kier alpha value is -2.62. The van der Waals surface area contributed by atoms with Crippen LogP contribution < -0.4 is 9.47 Å². The van der Waals surface area contributed by atoms with Crippen LogP contribution in [0.25, 0.3) is 0 Å². The molecule has 0 atom stereocenters. The first-order chi connectivity index (χ1) is 10.9. The van der Waals surface area contributed by atoms with Gasteiger partial charge in [0.2, 0.25) is 0 Å². The Bertz CT molecular complexity index is 730. The normalized spacial score (nSPS) is 10.3. The number of ketones is 1. The van der Waals surface area contributed by atoms with Crippen molar-refractivity contribution < 1.29 is 19.1 Å². The lowest BCUT2D eigenvalue weighted by atomic mass is 10.1. The van der Waals surface area contributed by atoms with Gasteiger partial charge in [0.1, 0.15) is 11.5 Å². The van der Waals surface area contributed by atoms with Gasteiger partial charge in [-0.25, -0.2) is 4.79 Å². The largest absolute Gasteiger partial charge is 0.481 e. The molecule has 0 saturated carbocycles. The first-order valence-corrected chi connectivity index (χ1v) is 7.39. The van der Waals surface area contributed by atoms with Gasteiger partial charge in [0.05, 0.1) is 0 Å². The Labute approximate surface area is 136 Å². The van der Waals surface area contributed by atoms with Crippen LogP contribution in [-0.2, 0) is 4.79 Å². The second kappa shape index (κ2) is 7.09. The molecule has 0 amide bonds. The van der Waals surface area contributed by atoms with E-state index in [-0.39, 0.29) is 12.4 Å². The van der Waals surface area contributed by atoms with E-state index in [2.05, 4.69) is 0 Å². The van der Waals surface area contributed by atoms with Gasteiger partial charge in [0.25, 0.3) is 0 Å². The molecule has 0 bridgehead atoms. The Kier molecular flexibility index (Phi) is 5.16. The lowest BCUT2D eigenvalue weighted by molar-refractivity contribution is -0.136. The van der Waals surface area contributed by atoms with Gasteiger partial charge >= 0.3 is 5.97 Å². The lowest BCUT2D eigenvalue weighted by Gasteiger charge is -2.13. The van der Waals surface area contributed by atoms with Crippen LogP contribution in [0.1, 0.15) is 34.0 Å². The zero-order valence-corrected chi connectivity index (χ0v) is 13.8. The zero-order chi connectivity index (χ0) is 17.0. The molecule has 2 aromatic rings. The molecule has 0 saturated heterocycles. The zero-order valence-electron chi connectivity index (χ0n) is 13.8. The minimum absolute atomic E-state index is 0.0309. The summed E-state index contributed by atoms with van der Waals surface area (Å²) in [6, 6.07) is 10.4. The molecule has 2 rings (SSSR count). The maximum atomic E-state index is 11.9. The standard InChI is InChI=1S/C19H20O4/c1-12-5-6-13(2)19(14(12)3)22-11-18(21)23-17-9-7-16(8-10-17)15(4)20/h5-10H,11H2,1-4H3. The molecule has 23 heavy (non-hydrogen) atoms. The highest BCUT2D eigenvalue weighted by atomic mass is 16.6. The molecule has 0 fully saturated rings. The van der Waals surface area contributed by atoms with Crippen molar-refractivity contribution in [1.82, 2.24) is 0 Å². The van der Waals surface area contributed by atoms with E-state index in [1.54, 1.807) is 24.3 Å². The average Bonchev–Trinajstić information content (AvgIpc) is 2.51. The van der Waals surface area contributed by atoms with Crippen LogP contribution >= 0.6 is 0 Å². The fourth-order valence-electron chi connectivity index (χ4n) is 2.20. The van der Waals surface area contributed by atoms with Crippen LogP contribution in [-0.4, -0.2) is 18.4 Å². The van der Waals surface area contributed by atoms with Crippen molar-refractivity contribution in [2.75, 3.05) is 6.61 Å². The number of carbonyl (C=O) groups excluding carboxylic acids is 2. The van der Waals surface area contributed by atoms with E-state index in [4.69, 9.17) is 9.47 Å². The van der Waals surface area contributed by atoms with Gasteiger partial charge in [-0.2, -0.15) is 0 Å². The predicted octanol–water partition coefficient (Wildman–Crippen LogP) is 3.80. The molecular formula is C19H20O4. The fourth-order valence-corrected chi connectivity index (χ4v) is 2.20. The van der Waals surface area contributed by atoms with Gasteiger partial charge in [-0.1, -0.05) is 12.1 Å². The van der Waals surface area contributed by atoms with E-state index in [0.717, 1.165) is 16.7 Å². The Morgan fingerprint density at radius 1 is 0.913 bits per heavy atom. The van der Waals surface area contributed by atoms with Crippen molar-refractivity contribution >= 4 is 11.8 Å². The highest BCUT2D eigenvalue weighted by Crippen LogP contribution is 2.25. The van der Waals surface area contributed by atoms with E-state index in [1.165, 1.54) is 6.92 Å². The van der Waals surface area contributed by atoms with Gasteiger partial charge in [-0.15, -0.1) is 0 Å². The number of esters is 1. The summed E-state index contributed by atoms with van der Waals surface area (Å²) in [4.78, 5) is 23.1. The maximum absolute atomic E-state index is 11.9. The summed E-state index contributed by atoms with van der Waals surface area (Å²) in [6.45, 7) is 7.22. The number of aryl methyl sites for hydroxylation is 2. The summed E-state index contributed by atoms with van der Waals surface area (Å²) in [5.41, 5.74) is 3.68. The van der Waals surface area contributed by atoms with Crippen LogP contribution in [0.5, 0.6) is 11.5 Å². The second-order valence-corrected chi connectivity index (χ2v) is 5.50. The Morgan fingerprint density at radius 3 is 2.13 bits per heavy atom. The number of hydrogen-bond acceptors (Lipinski definition) is 4. The highest BCUT2D eigenvalue weighted by molar-refractivity contribution is 5.94. The lowest BCUT2D eigenvalue weighted by Crippen LogP contribution is -2.18. The van der Waals surface area contributed by atoms with Crippen molar-refractivity contribution in [1.29, 1.82) is 0 Å². The summed E-state index contributed by atoms with van der Waals surface area (Å²) in [5, 5.41) is 0.